The zero-order valence-corrected chi connectivity index (χ0v) is 15.4. The van der Waals surface area contributed by atoms with Crippen molar-refractivity contribution in [3.8, 4) is 0 Å². The average Bonchev–Trinajstić information content (AvgIpc) is 3.08. The van der Waals surface area contributed by atoms with Gasteiger partial charge in [-0.1, -0.05) is 55.5 Å². The van der Waals surface area contributed by atoms with Crippen LogP contribution in [0.5, 0.6) is 0 Å². The molecule has 0 fully saturated rings. The largest absolute Gasteiger partial charge is 0.330 e. The minimum atomic E-state index is 0.0247. The quantitative estimate of drug-likeness (QED) is 0.877. The number of para-hydroxylation sites is 1. The van der Waals surface area contributed by atoms with Gasteiger partial charge in [0.05, 0.1) is 17.9 Å². The highest BCUT2D eigenvalue weighted by Gasteiger charge is 2.30. The number of azo groups is 1. The molecule has 0 bridgehead atoms. The second kappa shape index (κ2) is 7.29. The van der Waals surface area contributed by atoms with E-state index in [1.54, 1.807) is 0 Å². The molecule has 5 heteroatoms. The Morgan fingerprint density at radius 2 is 1.85 bits per heavy atom. The number of allylic oxidation sites excluding steroid dienone is 2. The Hall–Kier alpha value is -3.05. The van der Waals surface area contributed by atoms with Crippen molar-refractivity contribution in [2.75, 3.05) is 11.4 Å². The SMILES string of the molecule is CC/C=C1\N=NC2=C1c1ccccc1N(C(=O)CCN)Cc1ccccc12. The van der Waals surface area contributed by atoms with Crippen LogP contribution in [-0.4, -0.2) is 12.5 Å². The third-order valence-electron chi connectivity index (χ3n) is 4.87. The van der Waals surface area contributed by atoms with Crippen molar-refractivity contribution in [3.63, 3.8) is 0 Å². The fourth-order valence-corrected chi connectivity index (χ4v) is 3.66. The van der Waals surface area contributed by atoms with Crippen molar-refractivity contribution in [1.82, 2.24) is 0 Å². The lowest BCUT2D eigenvalue weighted by molar-refractivity contribution is -0.118. The van der Waals surface area contributed by atoms with Gasteiger partial charge in [0.25, 0.3) is 0 Å². The van der Waals surface area contributed by atoms with Gasteiger partial charge in [-0.25, -0.2) is 0 Å². The van der Waals surface area contributed by atoms with E-state index in [9.17, 15) is 4.79 Å². The molecule has 0 atom stereocenters. The van der Waals surface area contributed by atoms with Gasteiger partial charge in [0, 0.05) is 29.7 Å². The van der Waals surface area contributed by atoms with Crippen LogP contribution in [0.1, 0.15) is 36.5 Å². The minimum Gasteiger partial charge on any atom is -0.330 e. The molecule has 0 saturated carbocycles. The second-order valence-corrected chi connectivity index (χ2v) is 6.61. The van der Waals surface area contributed by atoms with Gasteiger partial charge in [-0.15, -0.1) is 5.11 Å². The number of carbonyl (C=O) groups is 1. The van der Waals surface area contributed by atoms with Crippen LogP contribution in [-0.2, 0) is 11.3 Å². The molecule has 1 amide bonds. The summed E-state index contributed by atoms with van der Waals surface area (Å²) >= 11 is 0. The molecule has 27 heavy (non-hydrogen) atoms. The summed E-state index contributed by atoms with van der Waals surface area (Å²) in [7, 11) is 0. The Labute approximate surface area is 158 Å². The first kappa shape index (κ1) is 17.4. The van der Waals surface area contributed by atoms with Crippen molar-refractivity contribution in [2.45, 2.75) is 26.3 Å². The lowest BCUT2D eigenvalue weighted by atomic mass is 9.91. The van der Waals surface area contributed by atoms with Gasteiger partial charge in [-0.2, -0.15) is 5.11 Å². The smallest absolute Gasteiger partial charge is 0.228 e. The molecule has 2 aromatic carbocycles. The maximum absolute atomic E-state index is 12.9. The topological polar surface area (TPSA) is 71.0 Å². The number of hydrogen-bond acceptors (Lipinski definition) is 4. The summed E-state index contributed by atoms with van der Waals surface area (Å²) in [6.07, 6.45) is 3.26. The standard InChI is InChI=1S/C22H22N4O/c1-2-7-18-21-17-10-5-6-11-19(17)26(20(27)12-13-23)14-15-8-3-4-9-16(15)22(21)25-24-18/h3-11H,2,12-14,23H2,1H3/b18-7-. The number of nitrogens with two attached hydrogens (primary N) is 1. The van der Waals surface area contributed by atoms with Crippen molar-refractivity contribution < 1.29 is 4.79 Å². The molecule has 0 radical (unpaired) electrons. The maximum Gasteiger partial charge on any atom is 0.228 e. The zero-order chi connectivity index (χ0) is 18.8. The molecule has 2 heterocycles. The van der Waals surface area contributed by atoms with Crippen LogP contribution in [0.4, 0.5) is 5.69 Å². The molecule has 2 aliphatic rings. The van der Waals surface area contributed by atoms with E-state index in [-0.39, 0.29) is 5.91 Å². The van der Waals surface area contributed by atoms with Crippen molar-refractivity contribution in [2.24, 2.45) is 16.0 Å². The lowest BCUT2D eigenvalue weighted by Crippen LogP contribution is -2.33. The Balaban J connectivity index is 2.01. The van der Waals surface area contributed by atoms with Crippen LogP contribution < -0.4 is 10.6 Å². The lowest BCUT2D eigenvalue weighted by Gasteiger charge is -2.29. The number of hydrogen-bond donors (Lipinski definition) is 1. The Bertz CT molecular complexity index is 987. The van der Waals surface area contributed by atoms with Gasteiger partial charge < -0.3 is 10.6 Å². The third-order valence-corrected chi connectivity index (χ3v) is 4.87. The van der Waals surface area contributed by atoms with Crippen LogP contribution in [0.2, 0.25) is 0 Å². The first-order chi connectivity index (χ1) is 13.2. The van der Waals surface area contributed by atoms with Gasteiger partial charge in [0.1, 0.15) is 5.70 Å². The molecule has 2 N–H and O–H groups in total. The molecule has 0 saturated heterocycles. The Morgan fingerprint density at radius 1 is 1.11 bits per heavy atom. The Morgan fingerprint density at radius 3 is 2.63 bits per heavy atom. The van der Waals surface area contributed by atoms with Crippen molar-refractivity contribution in [3.05, 3.63) is 77.0 Å². The van der Waals surface area contributed by atoms with E-state index in [0.717, 1.165) is 45.8 Å². The maximum atomic E-state index is 12.9. The number of carbonyl (C=O) groups excluding carboxylic acids is 1. The molecular formula is C22H22N4O. The van der Waals surface area contributed by atoms with E-state index in [2.05, 4.69) is 29.3 Å². The molecule has 0 spiro atoms. The molecule has 0 unspecified atom stereocenters. The molecule has 2 aromatic rings. The van der Waals surface area contributed by atoms with Gasteiger partial charge in [0.15, 0.2) is 0 Å². The molecule has 0 aromatic heterocycles. The van der Waals surface area contributed by atoms with Crippen LogP contribution in [0.3, 0.4) is 0 Å². The molecule has 4 rings (SSSR count). The summed E-state index contributed by atoms with van der Waals surface area (Å²) < 4.78 is 0. The second-order valence-electron chi connectivity index (χ2n) is 6.61. The predicted octanol–water partition coefficient (Wildman–Crippen LogP) is 4.51. The minimum absolute atomic E-state index is 0.0247. The summed E-state index contributed by atoms with van der Waals surface area (Å²) in [5.74, 6) is 0.0247. The zero-order valence-electron chi connectivity index (χ0n) is 15.4. The normalized spacial score (nSPS) is 16.7. The van der Waals surface area contributed by atoms with Gasteiger partial charge >= 0.3 is 0 Å². The van der Waals surface area contributed by atoms with E-state index >= 15 is 0 Å². The monoisotopic (exact) mass is 358 g/mol. The van der Waals surface area contributed by atoms with E-state index in [0.29, 0.717) is 19.5 Å². The molecule has 136 valence electrons. The molecule has 0 aliphatic carbocycles. The highest BCUT2D eigenvalue weighted by atomic mass is 16.2. The van der Waals surface area contributed by atoms with Gasteiger partial charge in [-0.05, 0) is 18.1 Å². The number of amides is 1. The summed E-state index contributed by atoms with van der Waals surface area (Å²) in [6.45, 7) is 2.91. The third kappa shape index (κ3) is 3.00. The number of anilines is 1. The molecule has 5 nitrogen and oxygen atoms in total. The fourth-order valence-electron chi connectivity index (χ4n) is 3.66. The van der Waals surface area contributed by atoms with Gasteiger partial charge in [-0.3, -0.25) is 4.79 Å². The van der Waals surface area contributed by atoms with E-state index < -0.39 is 0 Å². The van der Waals surface area contributed by atoms with E-state index in [1.165, 1.54) is 0 Å². The molecular weight excluding hydrogens is 336 g/mol. The highest BCUT2D eigenvalue weighted by Crippen LogP contribution is 2.45. The first-order valence-electron chi connectivity index (χ1n) is 9.29. The summed E-state index contributed by atoms with van der Waals surface area (Å²) in [4.78, 5) is 14.7. The predicted molar refractivity (Wildman–Crippen MR) is 108 cm³/mol. The van der Waals surface area contributed by atoms with Crippen LogP contribution in [0.15, 0.2) is 70.5 Å². The van der Waals surface area contributed by atoms with E-state index in [4.69, 9.17) is 5.73 Å². The van der Waals surface area contributed by atoms with Gasteiger partial charge in [0.2, 0.25) is 5.91 Å². The van der Waals surface area contributed by atoms with E-state index in [1.807, 2.05) is 47.4 Å². The van der Waals surface area contributed by atoms with Crippen LogP contribution in [0.25, 0.3) is 11.3 Å². The van der Waals surface area contributed by atoms with Crippen LogP contribution in [0, 0.1) is 0 Å². The Kier molecular flexibility index (Phi) is 4.69. The highest BCUT2D eigenvalue weighted by molar-refractivity contribution is 6.06. The fraction of sp³-hybridized carbons (Fsp3) is 0.227. The molecule has 2 aliphatic heterocycles. The summed E-state index contributed by atoms with van der Waals surface area (Å²) in [5, 5.41) is 8.96. The average molecular weight is 358 g/mol. The summed E-state index contributed by atoms with van der Waals surface area (Å²) in [6, 6.07) is 16.1. The first-order valence-corrected chi connectivity index (χ1v) is 9.29. The number of benzene rings is 2. The summed E-state index contributed by atoms with van der Waals surface area (Å²) in [5.41, 5.74) is 12.4. The van der Waals surface area contributed by atoms with Crippen molar-refractivity contribution in [1.29, 1.82) is 0 Å². The number of nitrogens with zero attached hydrogens (tertiary/aromatic N) is 3. The number of fused-ring (bicyclic) bond motifs is 4. The number of rotatable bonds is 3. The van der Waals surface area contributed by atoms with Crippen molar-refractivity contribution >= 4 is 22.9 Å². The van der Waals surface area contributed by atoms with Crippen LogP contribution >= 0.6 is 0 Å².